The Labute approximate surface area is 236 Å². The Morgan fingerprint density at radius 1 is 0.950 bits per heavy atom. The first-order valence-corrected chi connectivity index (χ1v) is 14.6. The minimum absolute atomic E-state index is 0.116. The number of nitrogens with zero attached hydrogens (tertiary/aromatic N) is 3. The zero-order chi connectivity index (χ0) is 28.9. The van der Waals surface area contributed by atoms with Crippen molar-refractivity contribution in [3.8, 4) is 0 Å². The molecule has 0 aliphatic carbocycles. The van der Waals surface area contributed by atoms with Gasteiger partial charge in [0.2, 0.25) is 11.8 Å². The number of anilines is 1. The molecule has 0 fully saturated rings. The Morgan fingerprint density at radius 2 is 1.62 bits per heavy atom. The number of nitrogens with two attached hydrogens (primary N) is 1. The van der Waals surface area contributed by atoms with Gasteiger partial charge in [0, 0.05) is 44.3 Å². The number of nitrogens with one attached hydrogen (secondary N) is 3. The van der Waals surface area contributed by atoms with E-state index in [1.165, 1.54) is 0 Å². The summed E-state index contributed by atoms with van der Waals surface area (Å²) in [6, 6.07) is 7.88. The first-order chi connectivity index (χ1) is 19.3. The number of para-hydroxylation sites is 1. The van der Waals surface area contributed by atoms with E-state index in [2.05, 4.69) is 38.5 Å². The first kappa shape index (κ1) is 31.0. The lowest BCUT2D eigenvalue weighted by molar-refractivity contribution is -0.126. The molecule has 2 amide bonds. The number of likely N-dealkylation sites (N-methyl/N-ethyl adjacent to an activating group) is 1. The van der Waals surface area contributed by atoms with Gasteiger partial charge >= 0.3 is 0 Å². The molecule has 1 aromatic carbocycles. The molecule has 0 aliphatic heterocycles. The fourth-order valence-corrected chi connectivity index (χ4v) is 4.95. The summed E-state index contributed by atoms with van der Waals surface area (Å²) in [4.78, 5) is 45.2. The first-order valence-electron chi connectivity index (χ1n) is 14.6. The van der Waals surface area contributed by atoms with Gasteiger partial charge < -0.3 is 26.3 Å². The van der Waals surface area contributed by atoms with Crippen molar-refractivity contribution in [3.05, 3.63) is 30.1 Å². The molecule has 1 unspecified atom stereocenters. The molecule has 218 valence electrons. The van der Waals surface area contributed by atoms with E-state index in [-0.39, 0.29) is 36.5 Å². The van der Waals surface area contributed by atoms with E-state index in [9.17, 15) is 14.4 Å². The number of hydrogen-bond donors (Lipinski definition) is 4. The zero-order valence-corrected chi connectivity index (χ0v) is 24.2. The number of aryl methyl sites for hydroxylation is 2. The second-order valence-corrected chi connectivity index (χ2v) is 10.3. The minimum atomic E-state index is -0.127. The third-order valence-electron chi connectivity index (χ3n) is 7.23. The number of Topliss-reactive ketones (excluding diaryl/α,β-unsaturated/α-hetero) is 1. The Balaban J connectivity index is 1.41. The fraction of sp³-hybridized carbons (Fsp3) is 0.567. The summed E-state index contributed by atoms with van der Waals surface area (Å²) < 4.78 is 2.27. The van der Waals surface area contributed by atoms with Crippen molar-refractivity contribution in [1.29, 1.82) is 0 Å². The molecule has 5 N–H and O–H groups in total. The van der Waals surface area contributed by atoms with Crippen molar-refractivity contribution in [1.82, 2.24) is 30.5 Å². The average Bonchev–Trinajstić information content (AvgIpc) is 3.31. The van der Waals surface area contributed by atoms with Crippen LogP contribution in [0.3, 0.4) is 0 Å². The highest BCUT2D eigenvalue weighted by molar-refractivity contribution is 6.06. The maximum atomic E-state index is 12.3. The van der Waals surface area contributed by atoms with E-state index in [4.69, 9.17) is 10.7 Å². The number of hydrogen-bond acceptors (Lipinski definition) is 7. The van der Waals surface area contributed by atoms with E-state index in [1.807, 2.05) is 18.2 Å². The van der Waals surface area contributed by atoms with E-state index < -0.39 is 0 Å². The van der Waals surface area contributed by atoms with Crippen LogP contribution in [0.25, 0.3) is 21.9 Å². The minimum Gasteiger partial charge on any atom is -0.382 e. The van der Waals surface area contributed by atoms with E-state index in [0.29, 0.717) is 18.9 Å². The SMILES string of the molecule is CCCCc1nc2c(N)nc3ccccc3c2n1CCCCNC(=O)CCC(=O)NCCCCC(NC)C(C)=O. The largest absolute Gasteiger partial charge is 0.382 e. The van der Waals surface area contributed by atoms with Gasteiger partial charge in [-0.25, -0.2) is 9.97 Å². The third kappa shape index (κ3) is 8.74. The van der Waals surface area contributed by atoms with Crippen molar-refractivity contribution >= 4 is 45.4 Å². The monoisotopic (exact) mass is 551 g/mol. The highest BCUT2D eigenvalue weighted by Gasteiger charge is 2.17. The van der Waals surface area contributed by atoms with Crippen LogP contribution in [0.15, 0.2) is 24.3 Å². The number of nitrogen functional groups attached to an aromatic ring is 1. The standard InChI is InChI=1S/C30H45N7O3/c1-4-5-15-25-36-28-29(22-12-6-7-14-24(22)35-30(28)31)37(25)20-11-10-19-34-27(40)17-16-26(39)33-18-9-8-13-23(32-3)21(2)38/h6-7,12,14,23,32H,4-5,8-11,13,15-20H2,1-3H3,(H2,31,35)(H,33,39)(H,34,40). The van der Waals surface area contributed by atoms with Gasteiger partial charge in [-0.3, -0.25) is 14.4 Å². The molecule has 0 spiro atoms. The molecular formula is C30H45N7O3. The van der Waals surface area contributed by atoms with Gasteiger partial charge in [0.25, 0.3) is 0 Å². The third-order valence-corrected chi connectivity index (χ3v) is 7.23. The number of aromatic nitrogens is 3. The van der Waals surface area contributed by atoms with Crippen LogP contribution in [-0.4, -0.2) is 58.3 Å². The number of benzene rings is 1. The lowest BCUT2D eigenvalue weighted by Crippen LogP contribution is -2.32. The molecule has 10 heteroatoms. The number of carbonyl (C=O) groups is 3. The Kier molecular flexibility index (Phi) is 12.3. The van der Waals surface area contributed by atoms with Crippen LogP contribution in [0.2, 0.25) is 0 Å². The highest BCUT2D eigenvalue weighted by atomic mass is 16.2. The van der Waals surface area contributed by atoms with Crippen LogP contribution in [0.4, 0.5) is 5.82 Å². The molecule has 0 saturated carbocycles. The summed E-state index contributed by atoms with van der Waals surface area (Å²) in [6.45, 7) is 5.64. The second kappa shape index (κ2) is 15.9. The Morgan fingerprint density at radius 3 is 2.27 bits per heavy atom. The number of imidazole rings is 1. The molecule has 40 heavy (non-hydrogen) atoms. The molecule has 2 heterocycles. The quantitative estimate of drug-likeness (QED) is 0.177. The highest BCUT2D eigenvalue weighted by Crippen LogP contribution is 2.29. The zero-order valence-electron chi connectivity index (χ0n) is 24.2. The maximum absolute atomic E-state index is 12.3. The lowest BCUT2D eigenvalue weighted by atomic mass is 10.1. The van der Waals surface area contributed by atoms with E-state index in [0.717, 1.165) is 85.7 Å². The molecule has 3 aromatic rings. The van der Waals surface area contributed by atoms with E-state index >= 15 is 0 Å². The van der Waals surface area contributed by atoms with Gasteiger partial charge in [0.15, 0.2) is 5.82 Å². The predicted octanol–water partition coefficient (Wildman–Crippen LogP) is 3.65. The summed E-state index contributed by atoms with van der Waals surface area (Å²) >= 11 is 0. The van der Waals surface area contributed by atoms with Gasteiger partial charge in [0.1, 0.15) is 17.1 Å². The van der Waals surface area contributed by atoms with Gasteiger partial charge in [-0.15, -0.1) is 0 Å². The molecule has 2 aromatic heterocycles. The smallest absolute Gasteiger partial charge is 0.220 e. The number of fused-ring (bicyclic) bond motifs is 3. The predicted molar refractivity (Wildman–Crippen MR) is 160 cm³/mol. The molecule has 0 saturated heterocycles. The average molecular weight is 552 g/mol. The van der Waals surface area contributed by atoms with Crippen LogP contribution in [-0.2, 0) is 27.3 Å². The van der Waals surface area contributed by atoms with Crippen LogP contribution in [0.1, 0.15) is 77.5 Å². The molecule has 3 rings (SSSR count). The normalized spacial score (nSPS) is 12.1. The van der Waals surface area contributed by atoms with Gasteiger partial charge in [-0.2, -0.15) is 0 Å². The van der Waals surface area contributed by atoms with Gasteiger partial charge in [0.05, 0.1) is 17.1 Å². The lowest BCUT2D eigenvalue weighted by Gasteiger charge is -2.12. The van der Waals surface area contributed by atoms with Gasteiger partial charge in [-0.05, 0) is 58.6 Å². The maximum Gasteiger partial charge on any atom is 0.220 e. The summed E-state index contributed by atoms with van der Waals surface area (Å²) in [6.07, 6.45) is 7.45. The molecule has 0 radical (unpaired) electrons. The molecule has 0 bridgehead atoms. The van der Waals surface area contributed by atoms with Crippen LogP contribution in [0.5, 0.6) is 0 Å². The van der Waals surface area contributed by atoms with Crippen LogP contribution < -0.4 is 21.7 Å². The molecular weight excluding hydrogens is 506 g/mol. The molecule has 1 atom stereocenters. The summed E-state index contributed by atoms with van der Waals surface area (Å²) in [5.74, 6) is 1.37. The fourth-order valence-electron chi connectivity index (χ4n) is 4.95. The number of pyridine rings is 1. The number of rotatable bonds is 18. The second-order valence-electron chi connectivity index (χ2n) is 10.3. The number of ketones is 1. The topological polar surface area (TPSA) is 144 Å². The summed E-state index contributed by atoms with van der Waals surface area (Å²) in [7, 11) is 1.78. The van der Waals surface area contributed by atoms with Crippen LogP contribution in [0, 0.1) is 0 Å². The summed E-state index contributed by atoms with van der Waals surface area (Å²) in [5, 5.41) is 9.84. The Hall–Kier alpha value is -3.53. The number of unbranched alkanes of at least 4 members (excludes halogenated alkanes) is 3. The molecule has 10 nitrogen and oxygen atoms in total. The van der Waals surface area contributed by atoms with Crippen LogP contribution >= 0.6 is 0 Å². The molecule has 0 aliphatic rings. The van der Waals surface area contributed by atoms with Crippen molar-refractivity contribution in [3.63, 3.8) is 0 Å². The van der Waals surface area contributed by atoms with E-state index in [1.54, 1.807) is 14.0 Å². The number of amides is 2. The van der Waals surface area contributed by atoms with Crippen molar-refractivity contribution in [2.45, 2.75) is 90.6 Å². The van der Waals surface area contributed by atoms with Crippen molar-refractivity contribution in [2.24, 2.45) is 0 Å². The van der Waals surface area contributed by atoms with Crippen molar-refractivity contribution in [2.75, 3.05) is 25.9 Å². The Bertz CT molecular complexity index is 1290. The number of carbonyl (C=O) groups excluding carboxylic acids is 3. The van der Waals surface area contributed by atoms with Crippen molar-refractivity contribution < 1.29 is 14.4 Å². The van der Waals surface area contributed by atoms with Gasteiger partial charge in [-0.1, -0.05) is 31.5 Å². The summed E-state index contributed by atoms with van der Waals surface area (Å²) in [5.41, 5.74) is 8.94.